The van der Waals surface area contributed by atoms with Crippen LogP contribution in [-0.4, -0.2) is 34.4 Å². The van der Waals surface area contributed by atoms with E-state index in [1.165, 1.54) is 6.33 Å². The van der Waals surface area contributed by atoms with Crippen LogP contribution in [0.3, 0.4) is 0 Å². The van der Waals surface area contributed by atoms with Crippen LogP contribution in [0, 0.1) is 0 Å². The van der Waals surface area contributed by atoms with E-state index < -0.39 is 5.97 Å². The second-order valence-electron chi connectivity index (χ2n) is 4.10. The van der Waals surface area contributed by atoms with Gasteiger partial charge in [-0.15, -0.1) is 0 Å². The highest BCUT2D eigenvalue weighted by Gasteiger charge is 2.14. The highest BCUT2D eigenvalue weighted by Crippen LogP contribution is 2.35. The topological polar surface area (TPSA) is 93.6 Å². The second kappa shape index (κ2) is 5.04. The van der Waals surface area contributed by atoms with Gasteiger partial charge < -0.3 is 19.9 Å². The van der Waals surface area contributed by atoms with Crippen molar-refractivity contribution in [3.63, 3.8) is 0 Å². The number of carboxylic acids is 1. The molecule has 2 heterocycles. The molecule has 7 nitrogen and oxygen atoms in total. The summed E-state index contributed by atoms with van der Waals surface area (Å²) in [6.45, 7) is 0.0194. The van der Waals surface area contributed by atoms with Gasteiger partial charge in [0.1, 0.15) is 18.7 Å². The quantitative estimate of drug-likeness (QED) is 0.868. The van der Waals surface area contributed by atoms with E-state index in [0.717, 1.165) is 5.56 Å². The third-order valence-electron chi connectivity index (χ3n) is 2.76. The number of carbonyl (C=O) groups is 1. The van der Waals surface area contributed by atoms with Gasteiger partial charge in [-0.25, -0.2) is 9.97 Å². The number of rotatable bonds is 4. The van der Waals surface area contributed by atoms with Crippen molar-refractivity contribution in [1.82, 2.24) is 9.97 Å². The number of nitrogens with one attached hydrogen (secondary N) is 1. The van der Waals surface area contributed by atoms with E-state index in [0.29, 0.717) is 23.0 Å². The first-order chi connectivity index (χ1) is 9.72. The Kier molecular flexibility index (Phi) is 3.08. The zero-order valence-corrected chi connectivity index (χ0v) is 10.4. The summed E-state index contributed by atoms with van der Waals surface area (Å²) < 4.78 is 10.6. The molecule has 2 aromatic rings. The lowest BCUT2D eigenvalue weighted by Gasteiger charge is -2.05. The minimum absolute atomic E-state index is 0.197. The van der Waals surface area contributed by atoms with Gasteiger partial charge >= 0.3 is 5.97 Å². The van der Waals surface area contributed by atoms with E-state index in [9.17, 15) is 4.79 Å². The molecular weight excluding hydrogens is 262 g/mol. The van der Waals surface area contributed by atoms with Crippen molar-refractivity contribution in [2.75, 3.05) is 18.7 Å². The molecule has 0 amide bonds. The van der Waals surface area contributed by atoms with Gasteiger partial charge in [-0.05, 0) is 18.2 Å². The maximum Gasteiger partial charge on any atom is 0.322 e. The number of hydrogen-bond donors (Lipinski definition) is 2. The van der Waals surface area contributed by atoms with Crippen molar-refractivity contribution in [1.29, 1.82) is 0 Å². The third kappa shape index (κ3) is 2.46. The summed E-state index contributed by atoms with van der Waals surface area (Å²) in [5, 5.41) is 11.3. The average Bonchev–Trinajstić information content (AvgIpc) is 2.93. The summed E-state index contributed by atoms with van der Waals surface area (Å²) in [7, 11) is 0. The zero-order valence-electron chi connectivity index (χ0n) is 10.4. The van der Waals surface area contributed by atoms with E-state index in [4.69, 9.17) is 14.6 Å². The molecule has 0 unspecified atom stereocenters. The van der Waals surface area contributed by atoms with Crippen LogP contribution in [0.2, 0.25) is 0 Å². The number of nitrogens with zero attached hydrogens (tertiary/aromatic N) is 2. The Morgan fingerprint density at radius 1 is 1.25 bits per heavy atom. The van der Waals surface area contributed by atoms with Gasteiger partial charge in [-0.3, -0.25) is 4.79 Å². The van der Waals surface area contributed by atoms with Crippen molar-refractivity contribution in [2.24, 2.45) is 0 Å². The van der Waals surface area contributed by atoms with Gasteiger partial charge in [0.2, 0.25) is 6.79 Å². The molecule has 7 heteroatoms. The molecule has 3 rings (SSSR count). The van der Waals surface area contributed by atoms with E-state index >= 15 is 0 Å². The van der Waals surface area contributed by atoms with Crippen LogP contribution in [0.4, 0.5) is 5.82 Å². The Balaban J connectivity index is 1.86. The summed E-state index contributed by atoms with van der Waals surface area (Å²) in [5.41, 5.74) is 1.52. The number of aliphatic carboxylic acids is 1. The van der Waals surface area contributed by atoms with Crippen LogP contribution in [0.15, 0.2) is 30.6 Å². The fraction of sp³-hybridized carbons (Fsp3) is 0.154. The van der Waals surface area contributed by atoms with Gasteiger partial charge in [0.15, 0.2) is 11.5 Å². The van der Waals surface area contributed by atoms with Crippen molar-refractivity contribution in [3.05, 3.63) is 30.6 Å². The molecule has 20 heavy (non-hydrogen) atoms. The number of anilines is 1. The Hall–Kier alpha value is -2.83. The van der Waals surface area contributed by atoms with Crippen LogP contribution in [0.25, 0.3) is 11.3 Å². The van der Waals surface area contributed by atoms with Gasteiger partial charge in [-0.1, -0.05) is 0 Å². The molecule has 0 radical (unpaired) electrons. The Morgan fingerprint density at radius 2 is 2.10 bits per heavy atom. The Labute approximate surface area is 114 Å². The van der Waals surface area contributed by atoms with Crippen molar-refractivity contribution in [3.8, 4) is 22.8 Å². The van der Waals surface area contributed by atoms with Crippen LogP contribution in [0.1, 0.15) is 0 Å². The second-order valence-corrected chi connectivity index (χ2v) is 4.10. The van der Waals surface area contributed by atoms with Gasteiger partial charge in [-0.2, -0.15) is 0 Å². The number of ether oxygens (including phenoxy) is 2. The highest BCUT2D eigenvalue weighted by molar-refractivity contribution is 5.73. The molecule has 1 aromatic carbocycles. The average molecular weight is 273 g/mol. The van der Waals surface area contributed by atoms with Crippen molar-refractivity contribution in [2.45, 2.75) is 0 Å². The SMILES string of the molecule is O=C(O)CNc1cc(-c2ccc3c(c2)OCO3)ncn1. The molecule has 0 spiro atoms. The summed E-state index contributed by atoms with van der Waals surface area (Å²) in [6.07, 6.45) is 1.38. The van der Waals surface area contributed by atoms with Crippen molar-refractivity contribution >= 4 is 11.8 Å². The molecule has 2 N–H and O–H groups in total. The predicted octanol–water partition coefficient (Wildman–Crippen LogP) is 1.37. The van der Waals surface area contributed by atoms with E-state index in [-0.39, 0.29) is 13.3 Å². The molecule has 1 aliphatic heterocycles. The lowest BCUT2D eigenvalue weighted by atomic mass is 10.1. The molecule has 0 atom stereocenters. The largest absolute Gasteiger partial charge is 0.480 e. The minimum Gasteiger partial charge on any atom is -0.480 e. The summed E-state index contributed by atoms with van der Waals surface area (Å²) >= 11 is 0. The summed E-state index contributed by atoms with van der Waals surface area (Å²) in [6, 6.07) is 7.17. The van der Waals surface area contributed by atoms with Crippen molar-refractivity contribution < 1.29 is 19.4 Å². The number of benzene rings is 1. The maximum atomic E-state index is 10.5. The summed E-state index contributed by atoms with van der Waals surface area (Å²) in [5.74, 6) is 0.872. The fourth-order valence-corrected chi connectivity index (χ4v) is 1.83. The first-order valence-corrected chi connectivity index (χ1v) is 5.90. The molecular formula is C13H11N3O4. The van der Waals surface area contributed by atoms with Gasteiger partial charge in [0.25, 0.3) is 0 Å². The zero-order chi connectivity index (χ0) is 13.9. The molecule has 1 aromatic heterocycles. The van der Waals surface area contributed by atoms with E-state index in [2.05, 4.69) is 15.3 Å². The Bertz CT molecular complexity index is 660. The molecule has 0 bridgehead atoms. The smallest absolute Gasteiger partial charge is 0.322 e. The molecule has 0 fully saturated rings. The number of aromatic nitrogens is 2. The standard InChI is InChI=1S/C13H11N3O4/c17-13(18)5-14-12-4-9(15-6-16-12)8-1-2-10-11(3-8)20-7-19-10/h1-4,6H,5,7H2,(H,17,18)(H,14,15,16). The first-order valence-electron chi connectivity index (χ1n) is 5.90. The maximum absolute atomic E-state index is 10.5. The number of carboxylic acid groups (broad SMARTS) is 1. The molecule has 0 saturated carbocycles. The Morgan fingerprint density at radius 3 is 2.95 bits per heavy atom. The van der Waals surface area contributed by atoms with Gasteiger partial charge in [0.05, 0.1) is 5.69 Å². The lowest BCUT2D eigenvalue weighted by Crippen LogP contribution is -2.13. The minimum atomic E-state index is -0.951. The molecule has 1 aliphatic rings. The van der Waals surface area contributed by atoms with Gasteiger partial charge in [0, 0.05) is 11.6 Å². The summed E-state index contributed by atoms with van der Waals surface area (Å²) in [4.78, 5) is 18.7. The first kappa shape index (κ1) is 12.2. The van der Waals surface area contributed by atoms with E-state index in [1.807, 2.05) is 18.2 Å². The molecule has 0 aliphatic carbocycles. The van der Waals surface area contributed by atoms with Crippen LogP contribution >= 0.6 is 0 Å². The molecule has 102 valence electrons. The highest BCUT2D eigenvalue weighted by atomic mass is 16.7. The third-order valence-corrected chi connectivity index (χ3v) is 2.76. The van der Waals surface area contributed by atoms with Crippen LogP contribution in [-0.2, 0) is 4.79 Å². The lowest BCUT2D eigenvalue weighted by molar-refractivity contribution is -0.134. The number of fused-ring (bicyclic) bond motifs is 1. The normalized spacial score (nSPS) is 12.2. The van der Waals surface area contributed by atoms with Crippen LogP contribution < -0.4 is 14.8 Å². The predicted molar refractivity (Wildman–Crippen MR) is 69.7 cm³/mol. The fourth-order valence-electron chi connectivity index (χ4n) is 1.83. The molecule has 0 saturated heterocycles. The van der Waals surface area contributed by atoms with E-state index in [1.54, 1.807) is 6.07 Å². The monoisotopic (exact) mass is 273 g/mol. The number of hydrogen-bond acceptors (Lipinski definition) is 6. The van der Waals surface area contributed by atoms with Crippen LogP contribution in [0.5, 0.6) is 11.5 Å².